The van der Waals surface area contributed by atoms with E-state index in [0.29, 0.717) is 27.1 Å². The molecule has 6 nitrogen and oxygen atoms in total. The molecule has 1 N–H and O–H groups in total. The summed E-state index contributed by atoms with van der Waals surface area (Å²) in [6.07, 6.45) is 3.28. The van der Waals surface area contributed by atoms with Gasteiger partial charge in [0.05, 0.1) is 27.6 Å². The second kappa shape index (κ2) is 7.97. The third-order valence-electron chi connectivity index (χ3n) is 4.91. The van der Waals surface area contributed by atoms with E-state index in [2.05, 4.69) is 20.1 Å². The Labute approximate surface area is 183 Å². The first-order valence-electron chi connectivity index (χ1n) is 9.28. The lowest BCUT2D eigenvalue weighted by Gasteiger charge is -2.11. The van der Waals surface area contributed by atoms with E-state index in [4.69, 9.17) is 23.2 Å². The molecule has 30 heavy (non-hydrogen) atoms. The molecule has 4 rings (SSSR count). The number of para-hydroxylation sites is 1. The fraction of sp³-hybridized carbons (Fsp3) is 0.136. The number of nitrogens with one attached hydrogen (secondary N) is 1. The highest BCUT2D eigenvalue weighted by atomic mass is 35.5. The Morgan fingerprint density at radius 1 is 1.13 bits per heavy atom. The van der Waals surface area contributed by atoms with E-state index in [1.807, 2.05) is 44.2 Å². The van der Waals surface area contributed by atoms with Crippen LogP contribution in [-0.4, -0.2) is 26.1 Å². The van der Waals surface area contributed by atoms with Gasteiger partial charge in [0.1, 0.15) is 11.3 Å². The van der Waals surface area contributed by atoms with Crippen LogP contribution in [0.1, 0.15) is 33.1 Å². The van der Waals surface area contributed by atoms with Crippen LogP contribution in [0.2, 0.25) is 10.0 Å². The van der Waals surface area contributed by atoms with Crippen molar-refractivity contribution in [1.29, 1.82) is 0 Å². The molecule has 3 heterocycles. The minimum Gasteiger partial charge on any atom is -0.316 e. The van der Waals surface area contributed by atoms with Crippen molar-refractivity contribution in [3.63, 3.8) is 0 Å². The first kappa shape index (κ1) is 20.2. The number of fused-ring (bicyclic) bond motifs is 1. The molecule has 0 aliphatic heterocycles. The molecule has 1 amide bonds. The topological polar surface area (TPSA) is 63.7 Å². The van der Waals surface area contributed by atoms with E-state index in [0.717, 1.165) is 22.6 Å². The first-order valence-corrected chi connectivity index (χ1v) is 10.0. The van der Waals surface area contributed by atoms with Crippen LogP contribution in [0.5, 0.6) is 0 Å². The molecule has 0 atom stereocenters. The minimum absolute atomic E-state index is 0.363. The maximum atomic E-state index is 12.7. The average molecular weight is 440 g/mol. The number of carbonyl (C=O) groups is 1. The normalized spacial score (nSPS) is 11.5. The average Bonchev–Trinajstić information content (AvgIpc) is 3.17. The second-order valence-electron chi connectivity index (χ2n) is 6.93. The lowest BCUT2D eigenvalue weighted by Crippen LogP contribution is -2.20. The number of hydrogen-bond acceptors (Lipinski definition) is 3. The summed E-state index contributed by atoms with van der Waals surface area (Å²) in [7, 11) is 0. The van der Waals surface area contributed by atoms with Crippen molar-refractivity contribution in [3.8, 4) is 5.69 Å². The third-order valence-corrected chi connectivity index (χ3v) is 5.45. The van der Waals surface area contributed by atoms with E-state index in [1.165, 1.54) is 0 Å². The van der Waals surface area contributed by atoms with E-state index in [-0.39, 0.29) is 5.91 Å². The molecule has 0 aliphatic carbocycles. The van der Waals surface area contributed by atoms with Crippen LogP contribution >= 0.6 is 23.2 Å². The zero-order chi connectivity index (χ0) is 21.4. The van der Waals surface area contributed by atoms with E-state index in [9.17, 15) is 4.79 Å². The van der Waals surface area contributed by atoms with Gasteiger partial charge in [0.2, 0.25) is 0 Å². The number of aromatic nitrogens is 3. The zero-order valence-corrected chi connectivity index (χ0v) is 18.2. The van der Waals surface area contributed by atoms with E-state index >= 15 is 0 Å². The molecule has 0 aliphatic rings. The number of hydrazone groups is 1. The molecule has 0 unspecified atom stereocenters. The highest BCUT2D eigenvalue weighted by Gasteiger charge is 2.17. The highest BCUT2D eigenvalue weighted by Crippen LogP contribution is 2.25. The monoisotopic (exact) mass is 439 g/mol. The van der Waals surface area contributed by atoms with Gasteiger partial charge in [-0.05, 0) is 51.1 Å². The summed E-state index contributed by atoms with van der Waals surface area (Å²) in [4.78, 5) is 17.1. The summed E-state index contributed by atoms with van der Waals surface area (Å²) in [6, 6.07) is 13.1. The van der Waals surface area contributed by atoms with Gasteiger partial charge in [-0.2, -0.15) is 5.10 Å². The molecule has 3 aromatic heterocycles. The van der Waals surface area contributed by atoms with Crippen LogP contribution in [0, 0.1) is 20.8 Å². The van der Waals surface area contributed by atoms with Gasteiger partial charge >= 0.3 is 0 Å². The quantitative estimate of drug-likeness (QED) is 0.354. The van der Waals surface area contributed by atoms with Crippen LogP contribution in [0.3, 0.4) is 0 Å². The fourth-order valence-corrected chi connectivity index (χ4v) is 3.93. The Morgan fingerprint density at radius 2 is 1.90 bits per heavy atom. The number of halogens is 2. The largest absolute Gasteiger partial charge is 0.316 e. The Bertz CT molecular complexity index is 1300. The van der Waals surface area contributed by atoms with Gasteiger partial charge in [-0.25, -0.2) is 10.4 Å². The van der Waals surface area contributed by atoms with Gasteiger partial charge in [0.15, 0.2) is 0 Å². The number of rotatable bonds is 4. The summed E-state index contributed by atoms with van der Waals surface area (Å²) in [5.41, 5.74) is 7.99. The number of carbonyl (C=O) groups excluding carboxylic acids is 1. The third kappa shape index (κ3) is 3.60. The summed E-state index contributed by atoms with van der Waals surface area (Å²) in [5, 5.41) is 5.34. The van der Waals surface area contributed by atoms with Gasteiger partial charge in [0.25, 0.3) is 5.91 Å². The van der Waals surface area contributed by atoms with Crippen LogP contribution < -0.4 is 5.43 Å². The molecule has 8 heteroatoms. The summed E-state index contributed by atoms with van der Waals surface area (Å²) in [5.74, 6) is -0.363. The van der Waals surface area contributed by atoms with Crippen LogP contribution in [0.25, 0.3) is 11.3 Å². The van der Waals surface area contributed by atoms with Crippen LogP contribution in [-0.2, 0) is 0 Å². The molecule has 0 radical (unpaired) electrons. The van der Waals surface area contributed by atoms with Crippen molar-refractivity contribution in [2.75, 3.05) is 0 Å². The molecule has 0 fully saturated rings. The molecule has 4 aromatic rings. The van der Waals surface area contributed by atoms with Crippen molar-refractivity contribution in [2.45, 2.75) is 20.8 Å². The van der Waals surface area contributed by atoms with Crippen molar-refractivity contribution < 1.29 is 4.79 Å². The summed E-state index contributed by atoms with van der Waals surface area (Å²) < 4.78 is 3.72. The molecule has 0 saturated heterocycles. The van der Waals surface area contributed by atoms with Crippen LogP contribution in [0.4, 0.5) is 0 Å². The highest BCUT2D eigenvalue weighted by molar-refractivity contribution is 6.32. The van der Waals surface area contributed by atoms with Gasteiger partial charge in [-0.3, -0.25) is 9.20 Å². The first-order chi connectivity index (χ1) is 14.4. The number of aryl methyl sites for hydroxylation is 2. The second-order valence-corrected chi connectivity index (χ2v) is 7.78. The zero-order valence-electron chi connectivity index (χ0n) is 16.6. The van der Waals surface area contributed by atoms with Gasteiger partial charge in [0, 0.05) is 23.1 Å². The predicted octanol–water partition coefficient (Wildman–Crippen LogP) is 5.12. The van der Waals surface area contributed by atoms with E-state index < -0.39 is 0 Å². The fourth-order valence-electron chi connectivity index (χ4n) is 3.55. The number of hydrogen-bond donors (Lipinski definition) is 1. The van der Waals surface area contributed by atoms with Crippen molar-refractivity contribution in [1.82, 2.24) is 19.4 Å². The Morgan fingerprint density at radius 3 is 2.67 bits per heavy atom. The molecule has 0 bridgehead atoms. The Balaban J connectivity index is 1.60. The van der Waals surface area contributed by atoms with Gasteiger partial charge in [-0.1, -0.05) is 35.3 Å². The van der Waals surface area contributed by atoms with Crippen molar-refractivity contribution in [2.24, 2.45) is 5.10 Å². The Kier molecular flexibility index (Phi) is 5.37. The van der Waals surface area contributed by atoms with E-state index in [1.54, 1.807) is 35.9 Å². The van der Waals surface area contributed by atoms with Crippen LogP contribution in [0.15, 0.2) is 53.8 Å². The molecular weight excluding hydrogens is 421 g/mol. The predicted molar refractivity (Wildman–Crippen MR) is 120 cm³/mol. The summed E-state index contributed by atoms with van der Waals surface area (Å²) in [6.45, 7) is 5.75. The lowest BCUT2D eigenvalue weighted by molar-refractivity contribution is 0.0948. The number of nitrogens with zero attached hydrogens (tertiary/aromatic N) is 4. The molecule has 0 saturated carbocycles. The maximum Gasteiger partial charge on any atom is 0.290 e. The number of pyridine rings is 1. The molecule has 1 aromatic carbocycles. The van der Waals surface area contributed by atoms with Gasteiger partial charge < -0.3 is 4.57 Å². The number of imidazole rings is 1. The number of amides is 1. The molecule has 152 valence electrons. The maximum absolute atomic E-state index is 12.7. The standard InChI is InChI=1S/C22H19Cl2N5O/c1-13-10-16(15(3)29(13)19-7-5-4-6-18(19)24)11-25-27-22(30)21-14(2)26-20-9-8-17(23)12-28(20)21/h4-12H,1-3H3,(H,27,30)/b25-11-. The molecule has 0 spiro atoms. The van der Waals surface area contributed by atoms with Crippen molar-refractivity contribution >= 4 is 41.0 Å². The lowest BCUT2D eigenvalue weighted by atomic mass is 10.2. The molecular formula is C22H19Cl2N5O. The summed E-state index contributed by atoms with van der Waals surface area (Å²) >= 11 is 12.4. The minimum atomic E-state index is -0.363. The van der Waals surface area contributed by atoms with Gasteiger partial charge in [-0.15, -0.1) is 0 Å². The smallest absolute Gasteiger partial charge is 0.290 e. The number of benzene rings is 1. The Hall–Kier alpha value is -3.09. The SMILES string of the molecule is Cc1nc2ccc(Cl)cn2c1C(=O)N/N=C\c1cc(C)n(-c2ccccc2Cl)c1C. The van der Waals surface area contributed by atoms with Crippen molar-refractivity contribution in [3.05, 3.63) is 87.0 Å².